The fourth-order valence-corrected chi connectivity index (χ4v) is 5.84. The summed E-state index contributed by atoms with van der Waals surface area (Å²) in [5.41, 5.74) is 1.98. The van der Waals surface area contributed by atoms with Crippen molar-refractivity contribution in [1.29, 1.82) is 0 Å². The zero-order valence-corrected chi connectivity index (χ0v) is 25.6. The molecule has 3 rings (SSSR count). The summed E-state index contributed by atoms with van der Waals surface area (Å²) in [4.78, 5) is 28.5. The summed E-state index contributed by atoms with van der Waals surface area (Å²) in [5.74, 6) is -0.834. The Hall–Kier alpha value is -2.88. The molecular weight excluding hydrogens is 602 g/mol. The molecule has 0 unspecified atom stereocenters. The molecule has 0 fully saturated rings. The van der Waals surface area contributed by atoms with E-state index < -0.39 is 28.5 Å². The van der Waals surface area contributed by atoms with Crippen LogP contribution in [0.25, 0.3) is 0 Å². The van der Waals surface area contributed by atoms with Crippen molar-refractivity contribution in [3.8, 4) is 0 Å². The van der Waals surface area contributed by atoms with Gasteiger partial charge in [0.1, 0.15) is 12.6 Å². The van der Waals surface area contributed by atoms with Gasteiger partial charge in [-0.25, -0.2) is 8.42 Å². The molecule has 3 aromatic rings. The second kappa shape index (κ2) is 13.5. The Balaban J connectivity index is 2.02. The number of nitrogens with one attached hydrogen (secondary N) is 1. The van der Waals surface area contributed by atoms with E-state index in [1.807, 2.05) is 45.0 Å². The Bertz CT molecular complexity index is 1400. The lowest BCUT2D eigenvalue weighted by Crippen LogP contribution is -2.52. The fourth-order valence-electron chi connectivity index (χ4n) is 3.85. The molecule has 2 amide bonds. The van der Waals surface area contributed by atoms with Crippen LogP contribution in [0, 0.1) is 6.92 Å². The lowest BCUT2D eigenvalue weighted by Gasteiger charge is -2.32. The molecule has 0 aromatic heterocycles. The first-order chi connectivity index (χ1) is 18.4. The van der Waals surface area contributed by atoms with Gasteiger partial charge in [0.2, 0.25) is 11.8 Å². The maximum Gasteiger partial charge on any atom is 0.264 e. The van der Waals surface area contributed by atoms with E-state index in [1.165, 1.54) is 17.0 Å². The summed E-state index contributed by atoms with van der Waals surface area (Å²) >= 11 is 9.51. The Morgan fingerprint density at radius 2 is 1.64 bits per heavy atom. The number of hydrogen-bond acceptors (Lipinski definition) is 4. The number of hydrogen-bond donors (Lipinski definition) is 1. The highest BCUT2D eigenvalue weighted by molar-refractivity contribution is 9.10. The van der Waals surface area contributed by atoms with Crippen LogP contribution in [0.3, 0.4) is 0 Å². The second-order valence-electron chi connectivity index (χ2n) is 9.45. The van der Waals surface area contributed by atoms with Gasteiger partial charge in [-0.1, -0.05) is 64.3 Å². The number of benzene rings is 3. The van der Waals surface area contributed by atoms with Crippen LogP contribution in [0.2, 0.25) is 5.02 Å². The number of carbonyl (C=O) groups excluding carboxylic acids is 2. The molecule has 0 aliphatic rings. The van der Waals surface area contributed by atoms with Gasteiger partial charge in [0.05, 0.1) is 10.6 Å². The zero-order chi connectivity index (χ0) is 28.7. The molecule has 0 aliphatic carbocycles. The second-order valence-corrected chi connectivity index (χ2v) is 12.7. The van der Waals surface area contributed by atoms with Gasteiger partial charge in [0, 0.05) is 22.1 Å². The topological polar surface area (TPSA) is 86.8 Å². The van der Waals surface area contributed by atoms with E-state index in [0.717, 1.165) is 26.3 Å². The molecule has 10 heteroatoms. The number of aryl methyl sites for hydroxylation is 1. The molecular formula is C29H33BrClN3O4S. The molecule has 0 aliphatic heterocycles. The number of rotatable bonds is 11. The number of carbonyl (C=O) groups is 2. The molecule has 208 valence electrons. The van der Waals surface area contributed by atoms with Gasteiger partial charge in [0.25, 0.3) is 10.0 Å². The van der Waals surface area contributed by atoms with Crippen LogP contribution < -0.4 is 9.62 Å². The minimum Gasteiger partial charge on any atom is -0.352 e. The maximum absolute atomic E-state index is 13.9. The van der Waals surface area contributed by atoms with Gasteiger partial charge in [-0.2, -0.15) is 0 Å². The normalized spacial score (nSPS) is 12.9. The Kier molecular flexibility index (Phi) is 10.6. The van der Waals surface area contributed by atoms with Gasteiger partial charge in [0.15, 0.2) is 0 Å². The van der Waals surface area contributed by atoms with Crippen LogP contribution in [0.15, 0.2) is 82.2 Å². The van der Waals surface area contributed by atoms with E-state index in [0.29, 0.717) is 5.02 Å². The summed E-state index contributed by atoms with van der Waals surface area (Å²) in [6, 6.07) is 19.2. The van der Waals surface area contributed by atoms with Crippen LogP contribution in [0.5, 0.6) is 0 Å². The Morgan fingerprint density at radius 3 is 2.23 bits per heavy atom. The van der Waals surface area contributed by atoms with Crippen molar-refractivity contribution < 1.29 is 18.0 Å². The van der Waals surface area contributed by atoms with Crippen molar-refractivity contribution in [1.82, 2.24) is 10.2 Å². The van der Waals surface area contributed by atoms with Crippen LogP contribution in [0.1, 0.15) is 38.3 Å². The van der Waals surface area contributed by atoms with E-state index in [1.54, 1.807) is 43.3 Å². The molecule has 0 spiro atoms. The monoisotopic (exact) mass is 633 g/mol. The third-order valence-electron chi connectivity index (χ3n) is 6.41. The van der Waals surface area contributed by atoms with Crippen molar-refractivity contribution in [3.63, 3.8) is 0 Å². The van der Waals surface area contributed by atoms with Crippen molar-refractivity contribution in [2.75, 3.05) is 10.8 Å². The Morgan fingerprint density at radius 1 is 1.00 bits per heavy atom. The highest BCUT2D eigenvalue weighted by Crippen LogP contribution is 2.26. The predicted octanol–water partition coefficient (Wildman–Crippen LogP) is 5.94. The molecule has 7 nitrogen and oxygen atoms in total. The first-order valence-corrected chi connectivity index (χ1v) is 15.2. The van der Waals surface area contributed by atoms with Gasteiger partial charge >= 0.3 is 0 Å². The van der Waals surface area contributed by atoms with Crippen molar-refractivity contribution >= 4 is 55.1 Å². The zero-order valence-electron chi connectivity index (χ0n) is 22.4. The first kappa shape index (κ1) is 30.7. The average molecular weight is 635 g/mol. The summed E-state index contributed by atoms with van der Waals surface area (Å²) in [6.45, 7) is 6.97. The van der Waals surface area contributed by atoms with Crippen LogP contribution in [0.4, 0.5) is 5.69 Å². The minimum atomic E-state index is -4.13. The van der Waals surface area contributed by atoms with Gasteiger partial charge < -0.3 is 10.2 Å². The molecule has 0 radical (unpaired) electrons. The third-order valence-corrected chi connectivity index (χ3v) is 8.95. The highest BCUT2D eigenvalue weighted by Gasteiger charge is 2.32. The number of anilines is 1. The SMILES string of the molecule is CC[C@H](C)NC(=O)[C@@H](C)N(Cc1cccc(Br)c1)C(=O)CN(c1ccc(Cl)cc1)S(=O)(=O)c1ccc(C)cc1. The lowest BCUT2D eigenvalue weighted by molar-refractivity contribution is -0.139. The summed E-state index contributed by atoms with van der Waals surface area (Å²) in [6.07, 6.45) is 0.733. The molecule has 1 N–H and O–H groups in total. The van der Waals surface area contributed by atoms with Crippen LogP contribution in [-0.2, 0) is 26.2 Å². The van der Waals surface area contributed by atoms with Crippen molar-refractivity contribution in [2.45, 2.75) is 57.6 Å². The van der Waals surface area contributed by atoms with Crippen molar-refractivity contribution in [2.24, 2.45) is 0 Å². The average Bonchev–Trinajstić information content (AvgIpc) is 2.90. The fraction of sp³-hybridized carbons (Fsp3) is 0.310. The smallest absolute Gasteiger partial charge is 0.264 e. The van der Waals surface area contributed by atoms with Gasteiger partial charge in [-0.05, 0) is 81.3 Å². The maximum atomic E-state index is 13.9. The van der Waals surface area contributed by atoms with Crippen LogP contribution >= 0.6 is 27.5 Å². The van der Waals surface area contributed by atoms with Gasteiger partial charge in [-0.15, -0.1) is 0 Å². The molecule has 0 heterocycles. The van der Waals surface area contributed by atoms with E-state index in [9.17, 15) is 18.0 Å². The van der Waals surface area contributed by atoms with E-state index >= 15 is 0 Å². The molecule has 0 saturated heterocycles. The Labute approximate surface area is 244 Å². The van der Waals surface area contributed by atoms with E-state index in [4.69, 9.17) is 11.6 Å². The lowest BCUT2D eigenvalue weighted by atomic mass is 10.1. The standard InChI is InChI=1S/C29H33BrClN3O4S/c1-5-21(3)32-29(36)22(4)33(18-23-7-6-8-24(30)17-23)28(35)19-34(26-13-11-25(31)12-14-26)39(37,38)27-15-9-20(2)10-16-27/h6-17,21-22H,5,18-19H2,1-4H3,(H,32,36)/t21-,22+/m0/s1. The summed E-state index contributed by atoms with van der Waals surface area (Å²) in [5, 5.41) is 3.36. The van der Waals surface area contributed by atoms with Crippen molar-refractivity contribution in [3.05, 3.63) is 93.4 Å². The largest absolute Gasteiger partial charge is 0.352 e. The molecule has 3 aromatic carbocycles. The molecule has 0 bridgehead atoms. The number of nitrogens with zero attached hydrogens (tertiary/aromatic N) is 2. The molecule has 39 heavy (non-hydrogen) atoms. The number of amides is 2. The first-order valence-electron chi connectivity index (χ1n) is 12.6. The predicted molar refractivity (Wildman–Crippen MR) is 159 cm³/mol. The summed E-state index contributed by atoms with van der Waals surface area (Å²) in [7, 11) is -4.13. The highest BCUT2D eigenvalue weighted by atomic mass is 79.9. The number of halogens is 2. The van der Waals surface area contributed by atoms with Gasteiger partial charge in [-0.3, -0.25) is 13.9 Å². The third kappa shape index (κ3) is 8.06. The summed E-state index contributed by atoms with van der Waals surface area (Å²) < 4.78 is 29.5. The van der Waals surface area contributed by atoms with E-state index in [-0.39, 0.29) is 29.1 Å². The minimum absolute atomic E-state index is 0.0527. The number of sulfonamides is 1. The quantitative estimate of drug-likeness (QED) is 0.283. The molecule has 2 atom stereocenters. The van der Waals surface area contributed by atoms with Crippen LogP contribution in [-0.4, -0.2) is 43.8 Å². The van der Waals surface area contributed by atoms with E-state index in [2.05, 4.69) is 21.2 Å². The molecule has 0 saturated carbocycles.